The third-order valence-corrected chi connectivity index (χ3v) is 6.93. The van der Waals surface area contributed by atoms with Gasteiger partial charge in [-0.1, -0.05) is 24.9 Å². The Kier molecular flexibility index (Phi) is 4.69. The topological polar surface area (TPSA) is 46.2 Å². The van der Waals surface area contributed by atoms with Gasteiger partial charge in [0.2, 0.25) is 0 Å². The molecule has 0 radical (unpaired) electrons. The van der Waals surface area contributed by atoms with Gasteiger partial charge in [0, 0.05) is 4.88 Å². The lowest BCUT2D eigenvalue weighted by Gasteiger charge is -2.30. The summed E-state index contributed by atoms with van der Waals surface area (Å²) in [5, 5.41) is 3.01. The van der Waals surface area contributed by atoms with Crippen molar-refractivity contribution < 1.29 is 8.42 Å². The summed E-state index contributed by atoms with van der Waals surface area (Å²) in [4.78, 5) is 1.03. The second-order valence-corrected chi connectivity index (χ2v) is 8.66. The van der Waals surface area contributed by atoms with E-state index >= 15 is 0 Å². The molecule has 2 atom stereocenters. The van der Waals surface area contributed by atoms with Crippen LogP contribution in [0.2, 0.25) is 4.34 Å². The zero-order valence-corrected chi connectivity index (χ0v) is 12.7. The number of hydrogen-bond donors (Lipinski definition) is 1. The van der Waals surface area contributed by atoms with E-state index in [1.54, 1.807) is 0 Å². The maximum absolute atomic E-state index is 12.2. The predicted molar refractivity (Wildman–Crippen MR) is 77.2 cm³/mol. The van der Waals surface area contributed by atoms with Crippen LogP contribution in [0.15, 0.2) is 12.1 Å². The quantitative estimate of drug-likeness (QED) is 0.930. The summed E-state index contributed by atoms with van der Waals surface area (Å²) in [6.45, 7) is 2.75. The van der Waals surface area contributed by atoms with Gasteiger partial charge in [0.05, 0.1) is 21.4 Å². The van der Waals surface area contributed by atoms with Crippen LogP contribution in [-0.2, 0) is 9.84 Å². The van der Waals surface area contributed by atoms with Crippen LogP contribution >= 0.6 is 22.9 Å². The van der Waals surface area contributed by atoms with E-state index in [0.717, 1.165) is 30.7 Å². The molecule has 0 aliphatic carbocycles. The maximum Gasteiger partial charge on any atom is 0.155 e. The number of thiophene rings is 1. The van der Waals surface area contributed by atoms with Gasteiger partial charge in [-0.2, -0.15) is 0 Å². The number of halogens is 1. The molecule has 18 heavy (non-hydrogen) atoms. The Morgan fingerprint density at radius 1 is 1.50 bits per heavy atom. The van der Waals surface area contributed by atoms with Gasteiger partial charge in [0.1, 0.15) is 0 Å². The minimum Gasteiger partial charge on any atom is -0.308 e. The van der Waals surface area contributed by atoms with Gasteiger partial charge in [-0.05, 0) is 31.5 Å². The number of nitrogens with one attached hydrogen (secondary N) is 1. The van der Waals surface area contributed by atoms with E-state index < -0.39 is 9.84 Å². The van der Waals surface area contributed by atoms with E-state index in [4.69, 9.17) is 11.6 Å². The molecule has 102 valence electrons. The van der Waals surface area contributed by atoms with Crippen molar-refractivity contribution in [2.75, 3.05) is 12.3 Å². The Morgan fingerprint density at radius 3 is 2.83 bits per heavy atom. The lowest BCUT2D eigenvalue weighted by Crippen LogP contribution is -2.40. The van der Waals surface area contributed by atoms with Crippen LogP contribution in [0.1, 0.15) is 37.1 Å². The second-order valence-electron chi connectivity index (χ2n) is 4.58. The molecule has 0 saturated carbocycles. The first-order valence-corrected chi connectivity index (χ1v) is 9.16. The Hall–Kier alpha value is -0.100. The van der Waals surface area contributed by atoms with Crippen LogP contribution in [0.4, 0.5) is 0 Å². The number of rotatable bonds is 4. The fourth-order valence-corrected chi connectivity index (χ4v) is 5.87. The minimum absolute atomic E-state index is 0.113. The molecule has 1 aromatic rings. The lowest BCUT2D eigenvalue weighted by molar-refractivity contribution is 0.458. The lowest BCUT2D eigenvalue weighted by atomic mass is 10.1. The molecule has 1 saturated heterocycles. The van der Waals surface area contributed by atoms with Crippen molar-refractivity contribution in [3.63, 3.8) is 0 Å². The van der Waals surface area contributed by atoms with Crippen LogP contribution in [-0.4, -0.2) is 26.0 Å². The Balaban J connectivity index is 2.29. The van der Waals surface area contributed by atoms with E-state index in [-0.39, 0.29) is 11.3 Å². The van der Waals surface area contributed by atoms with Gasteiger partial charge in [-0.3, -0.25) is 0 Å². The molecule has 3 nitrogen and oxygen atoms in total. The summed E-state index contributed by atoms with van der Waals surface area (Å²) < 4.78 is 25.1. The zero-order valence-electron chi connectivity index (χ0n) is 10.4. The molecule has 1 N–H and O–H groups in total. The van der Waals surface area contributed by atoms with Gasteiger partial charge >= 0.3 is 0 Å². The van der Waals surface area contributed by atoms with Gasteiger partial charge < -0.3 is 5.32 Å². The van der Waals surface area contributed by atoms with Crippen molar-refractivity contribution in [2.24, 2.45) is 0 Å². The Bertz CT molecular complexity index is 498. The molecule has 1 fully saturated rings. The Labute approximate surface area is 117 Å². The first-order valence-electron chi connectivity index (χ1n) is 6.25. The molecule has 1 aliphatic heterocycles. The molecular weight excluding hydrogens is 290 g/mol. The predicted octanol–water partition coefficient (Wildman–Crippen LogP) is 3.02. The molecule has 0 aromatic carbocycles. The molecule has 0 amide bonds. The summed E-state index contributed by atoms with van der Waals surface area (Å²) >= 11 is 7.42. The number of hydrogen-bond acceptors (Lipinski definition) is 4. The fourth-order valence-electron chi connectivity index (χ4n) is 2.48. The van der Waals surface area contributed by atoms with Crippen molar-refractivity contribution in [1.29, 1.82) is 0 Å². The van der Waals surface area contributed by atoms with Crippen molar-refractivity contribution >= 4 is 32.8 Å². The maximum atomic E-state index is 12.2. The summed E-state index contributed by atoms with van der Waals surface area (Å²) in [6.07, 6.45) is 2.53. The van der Waals surface area contributed by atoms with Crippen molar-refractivity contribution in [1.82, 2.24) is 5.32 Å². The standard InChI is InChI=1S/C12H18ClNO2S2/c1-2-14-12(9-6-7-11(13)17-9)10-5-3-4-8-18(10,15)16/h6-7,10,12,14H,2-5,8H2,1H3. The summed E-state index contributed by atoms with van der Waals surface area (Å²) in [7, 11) is -2.98. The molecule has 2 rings (SSSR count). The SMILES string of the molecule is CCNC(c1ccc(Cl)s1)C1CCCCS1(=O)=O. The van der Waals surface area contributed by atoms with Crippen LogP contribution in [0, 0.1) is 0 Å². The number of sulfone groups is 1. The van der Waals surface area contributed by atoms with E-state index in [2.05, 4.69) is 5.32 Å². The summed E-state index contributed by atoms with van der Waals surface area (Å²) in [6, 6.07) is 3.66. The average Bonchev–Trinajstić information content (AvgIpc) is 2.73. The first kappa shape index (κ1) is 14.3. The van der Waals surface area contributed by atoms with Crippen LogP contribution < -0.4 is 5.32 Å². The molecule has 2 unspecified atom stereocenters. The Morgan fingerprint density at radius 2 is 2.28 bits per heavy atom. The van der Waals surface area contributed by atoms with E-state index in [9.17, 15) is 8.42 Å². The first-order chi connectivity index (χ1) is 8.54. The normalized spacial score (nSPS) is 24.9. The third kappa shape index (κ3) is 3.07. The van der Waals surface area contributed by atoms with Crippen LogP contribution in [0.25, 0.3) is 0 Å². The highest BCUT2D eigenvalue weighted by atomic mass is 35.5. The van der Waals surface area contributed by atoms with E-state index in [0.29, 0.717) is 10.1 Å². The van der Waals surface area contributed by atoms with Gasteiger partial charge in [-0.25, -0.2) is 8.42 Å². The van der Waals surface area contributed by atoms with Gasteiger partial charge in [-0.15, -0.1) is 11.3 Å². The zero-order chi connectivity index (χ0) is 13.2. The average molecular weight is 308 g/mol. The largest absolute Gasteiger partial charge is 0.308 e. The second kappa shape index (κ2) is 5.90. The van der Waals surface area contributed by atoms with Crippen molar-refractivity contribution in [3.8, 4) is 0 Å². The fraction of sp³-hybridized carbons (Fsp3) is 0.667. The van der Waals surface area contributed by atoms with E-state index in [1.165, 1.54) is 11.3 Å². The highest BCUT2D eigenvalue weighted by molar-refractivity contribution is 7.92. The molecule has 1 aliphatic rings. The molecule has 6 heteroatoms. The highest BCUT2D eigenvalue weighted by Gasteiger charge is 2.36. The third-order valence-electron chi connectivity index (χ3n) is 3.33. The highest BCUT2D eigenvalue weighted by Crippen LogP contribution is 2.35. The molecule has 0 bridgehead atoms. The molecular formula is C12H18ClNO2S2. The van der Waals surface area contributed by atoms with Gasteiger partial charge in [0.15, 0.2) is 9.84 Å². The monoisotopic (exact) mass is 307 g/mol. The summed E-state index contributed by atoms with van der Waals surface area (Å²) in [5.41, 5.74) is 0. The smallest absolute Gasteiger partial charge is 0.155 e. The van der Waals surface area contributed by atoms with Gasteiger partial charge in [0.25, 0.3) is 0 Å². The summed E-state index contributed by atoms with van der Waals surface area (Å²) in [5.74, 6) is 0.318. The van der Waals surface area contributed by atoms with Crippen molar-refractivity contribution in [3.05, 3.63) is 21.3 Å². The molecule has 0 spiro atoms. The minimum atomic E-state index is -2.98. The van der Waals surface area contributed by atoms with Crippen LogP contribution in [0.5, 0.6) is 0 Å². The molecule has 1 aromatic heterocycles. The molecule has 2 heterocycles. The van der Waals surface area contributed by atoms with Crippen LogP contribution in [0.3, 0.4) is 0 Å². The van der Waals surface area contributed by atoms with Crippen molar-refractivity contribution in [2.45, 2.75) is 37.5 Å². The van der Waals surface area contributed by atoms with E-state index in [1.807, 2.05) is 19.1 Å².